The highest BCUT2D eigenvalue weighted by Crippen LogP contribution is 2.37. The summed E-state index contributed by atoms with van der Waals surface area (Å²) in [6.45, 7) is 3.05. The van der Waals surface area contributed by atoms with Crippen molar-refractivity contribution in [3.05, 3.63) is 156 Å². The van der Waals surface area contributed by atoms with Crippen molar-refractivity contribution in [2.24, 2.45) is 30.7 Å². The number of nitrogens with two attached hydrogens (primary N) is 2. The Morgan fingerprint density at radius 2 is 0.958 bits per heavy atom. The zero-order chi connectivity index (χ0) is 51.1. The molecule has 22 heteroatoms. The molecule has 0 saturated carbocycles. The van der Waals surface area contributed by atoms with Crippen LogP contribution in [0.2, 0.25) is 0 Å². The maximum absolute atomic E-state index is 13.0. The Balaban J connectivity index is 1.12. The molecule has 0 bridgehead atoms. The Kier molecular flexibility index (Phi) is 17.7. The van der Waals surface area contributed by atoms with Crippen LogP contribution in [0.15, 0.2) is 164 Å². The fraction of sp³-hybridized carbons (Fsp3) is 0.163. The summed E-state index contributed by atoms with van der Waals surface area (Å²) >= 11 is 0. The van der Waals surface area contributed by atoms with Crippen LogP contribution in [0.1, 0.15) is 57.5 Å². The van der Waals surface area contributed by atoms with Gasteiger partial charge < -0.3 is 34.3 Å². The molecule has 0 aliphatic heterocycles. The zero-order valence-corrected chi connectivity index (χ0v) is 39.2. The van der Waals surface area contributed by atoms with Gasteiger partial charge in [0.05, 0.1) is 70.1 Å². The molecule has 0 unspecified atom stereocenters. The highest BCUT2D eigenvalue weighted by atomic mass is 32.2. The number of phenols is 1. The molecule has 0 aliphatic rings. The summed E-state index contributed by atoms with van der Waals surface area (Å²) in [4.78, 5) is 35.6. The van der Waals surface area contributed by atoms with E-state index in [9.17, 15) is 46.5 Å². The number of hydrogen-bond acceptors (Lipinski definition) is 18. The molecule has 0 radical (unpaired) electrons. The Hall–Kier alpha value is -7.99. The Labute approximate surface area is 407 Å². The van der Waals surface area contributed by atoms with E-state index < -0.39 is 61.0 Å². The molecule has 6 aromatic rings. The lowest BCUT2D eigenvalue weighted by molar-refractivity contribution is -0.137. The number of phenolic OH excluding ortho intramolecular Hbond substituents is 1. The summed E-state index contributed by atoms with van der Waals surface area (Å²) in [6.07, 6.45) is 4.38. The minimum absolute atomic E-state index is 0.0130. The molecule has 6 rings (SSSR count). The standard InChI is InChI=1S/C49H46N6O14S2/c1-2-47(59)67-24-6-4-3-5-23-66-40-17-9-32(10-18-40)49(61)69-44-22-14-36(26-34(44)30-57)53-55-38-12-20-42(46(28-38)71(51,64)65)41-19-11-37(27-45(41)70(50,62)63)54-52-35-13-21-43(33(25-35)29-56)68-48(60)31-7-15-39(58)16-8-31/h2,7-22,25-28,56-58H,1,3-6,23-24,29-30H2,(H2,50,62,63)(H2,51,64,65)/b54-52?,55-53-. The molecule has 0 amide bonds. The van der Waals surface area contributed by atoms with E-state index in [0.717, 1.165) is 43.9 Å². The lowest BCUT2D eigenvalue weighted by atomic mass is 10.0. The second-order valence-electron chi connectivity index (χ2n) is 15.2. The molecule has 0 aromatic heterocycles. The van der Waals surface area contributed by atoms with Crippen LogP contribution in [0.3, 0.4) is 0 Å². The molecule has 71 heavy (non-hydrogen) atoms. The molecule has 0 aliphatic carbocycles. The number of benzene rings is 6. The van der Waals surface area contributed by atoms with Gasteiger partial charge in [-0.1, -0.05) is 18.7 Å². The number of aliphatic hydroxyl groups excluding tert-OH is 2. The van der Waals surface area contributed by atoms with Gasteiger partial charge in [-0.3, -0.25) is 0 Å². The quantitative estimate of drug-likeness (QED) is 0.0140. The second kappa shape index (κ2) is 24.0. The average Bonchev–Trinajstić information content (AvgIpc) is 3.36. The molecule has 0 heterocycles. The highest BCUT2D eigenvalue weighted by molar-refractivity contribution is 7.89. The van der Waals surface area contributed by atoms with Crippen molar-refractivity contribution in [2.75, 3.05) is 13.2 Å². The van der Waals surface area contributed by atoms with Crippen molar-refractivity contribution in [1.82, 2.24) is 0 Å². The minimum atomic E-state index is -4.55. The molecule has 20 nitrogen and oxygen atoms in total. The number of carbonyl (C=O) groups is 3. The van der Waals surface area contributed by atoms with Gasteiger partial charge in [-0.15, -0.1) is 0 Å². The Bertz CT molecular complexity index is 3220. The summed E-state index contributed by atoms with van der Waals surface area (Å²) in [5.74, 6) is -1.30. The molecule has 0 fully saturated rings. The molecule has 0 saturated heterocycles. The first-order valence-electron chi connectivity index (χ1n) is 21.4. The van der Waals surface area contributed by atoms with Gasteiger partial charge in [0.2, 0.25) is 20.0 Å². The topological polar surface area (TPSA) is 319 Å². The van der Waals surface area contributed by atoms with E-state index in [0.29, 0.717) is 19.0 Å². The van der Waals surface area contributed by atoms with E-state index in [1.165, 1.54) is 97.1 Å². The van der Waals surface area contributed by atoms with Crippen LogP contribution in [-0.4, -0.2) is 63.3 Å². The van der Waals surface area contributed by atoms with Crippen molar-refractivity contribution >= 4 is 60.7 Å². The predicted octanol–water partition coefficient (Wildman–Crippen LogP) is 8.28. The average molecular weight is 1010 g/mol. The fourth-order valence-corrected chi connectivity index (χ4v) is 8.12. The highest BCUT2D eigenvalue weighted by Gasteiger charge is 2.23. The van der Waals surface area contributed by atoms with Crippen LogP contribution in [0.4, 0.5) is 22.7 Å². The van der Waals surface area contributed by atoms with Crippen molar-refractivity contribution in [3.63, 3.8) is 0 Å². The number of primary sulfonamides is 2. The molecule has 0 spiro atoms. The van der Waals surface area contributed by atoms with E-state index in [1.807, 2.05) is 0 Å². The van der Waals surface area contributed by atoms with Gasteiger partial charge in [0, 0.05) is 28.3 Å². The van der Waals surface area contributed by atoms with E-state index in [1.54, 1.807) is 12.1 Å². The van der Waals surface area contributed by atoms with Crippen LogP contribution in [0, 0.1) is 0 Å². The number of carbonyl (C=O) groups excluding carboxylic acids is 3. The molecular weight excluding hydrogens is 961 g/mol. The number of ether oxygens (including phenoxy) is 4. The number of aromatic hydroxyl groups is 1. The van der Waals surface area contributed by atoms with E-state index >= 15 is 0 Å². The summed E-state index contributed by atoms with van der Waals surface area (Å²) in [5.41, 5.74) is 0.783. The Morgan fingerprint density at radius 1 is 0.549 bits per heavy atom. The SMILES string of the molecule is C=CC(=O)OCCCCCCOc1ccc(C(=O)Oc2ccc(/N=N\c3ccc(-c4ccc(N=Nc5ccc(OC(=O)c6ccc(O)cc6)c(CO)c5)cc4S(N)(=O)=O)c(S(N)(=O)=O)c3)cc2CO)cc1. The van der Waals surface area contributed by atoms with Crippen molar-refractivity contribution < 1.29 is 65.5 Å². The fourth-order valence-electron chi connectivity index (χ4n) is 6.58. The third-order valence-electron chi connectivity index (χ3n) is 10.1. The van der Waals surface area contributed by atoms with Crippen LogP contribution in [0.25, 0.3) is 11.1 Å². The maximum Gasteiger partial charge on any atom is 0.343 e. The lowest BCUT2D eigenvalue weighted by Gasteiger charge is -2.13. The summed E-state index contributed by atoms with van der Waals surface area (Å²) < 4.78 is 73.4. The number of sulfonamides is 2. The minimum Gasteiger partial charge on any atom is -0.508 e. The maximum atomic E-state index is 13.0. The lowest BCUT2D eigenvalue weighted by Crippen LogP contribution is -2.16. The summed E-state index contributed by atoms with van der Waals surface area (Å²) in [5, 5.41) is 57.2. The first-order valence-corrected chi connectivity index (χ1v) is 24.5. The van der Waals surface area contributed by atoms with E-state index in [4.69, 9.17) is 29.2 Å². The number of nitrogens with zero attached hydrogens (tertiary/aromatic N) is 4. The molecule has 7 N–H and O–H groups in total. The van der Waals surface area contributed by atoms with Gasteiger partial charge in [-0.05, 0) is 135 Å². The van der Waals surface area contributed by atoms with Crippen molar-refractivity contribution in [1.29, 1.82) is 0 Å². The van der Waals surface area contributed by atoms with Gasteiger partial charge >= 0.3 is 17.9 Å². The molecular formula is C49H46N6O14S2. The summed E-state index contributed by atoms with van der Waals surface area (Å²) in [7, 11) is -9.10. The van der Waals surface area contributed by atoms with E-state index in [2.05, 4.69) is 27.0 Å². The summed E-state index contributed by atoms with van der Waals surface area (Å²) in [6, 6.07) is 27.5. The number of azo groups is 2. The number of hydrogen-bond donors (Lipinski definition) is 5. The smallest absolute Gasteiger partial charge is 0.343 e. The van der Waals surface area contributed by atoms with Gasteiger partial charge in [0.15, 0.2) is 0 Å². The van der Waals surface area contributed by atoms with Gasteiger partial charge in [-0.2, -0.15) is 20.5 Å². The van der Waals surface area contributed by atoms with Crippen LogP contribution in [0.5, 0.6) is 23.0 Å². The van der Waals surface area contributed by atoms with Gasteiger partial charge in [-0.25, -0.2) is 41.5 Å². The largest absolute Gasteiger partial charge is 0.508 e. The first kappa shape index (κ1) is 52.4. The van der Waals surface area contributed by atoms with Crippen molar-refractivity contribution in [3.8, 4) is 34.1 Å². The van der Waals surface area contributed by atoms with Gasteiger partial charge in [0.25, 0.3) is 0 Å². The third kappa shape index (κ3) is 14.8. The monoisotopic (exact) mass is 1010 g/mol. The molecule has 0 atom stereocenters. The predicted molar refractivity (Wildman–Crippen MR) is 257 cm³/mol. The van der Waals surface area contributed by atoms with Crippen LogP contribution < -0.4 is 24.5 Å². The van der Waals surface area contributed by atoms with Gasteiger partial charge in [0.1, 0.15) is 23.0 Å². The third-order valence-corrected chi connectivity index (χ3v) is 12.0. The van der Waals surface area contributed by atoms with Crippen LogP contribution in [-0.2, 0) is 42.8 Å². The van der Waals surface area contributed by atoms with Crippen LogP contribution >= 0.6 is 0 Å². The second-order valence-corrected chi connectivity index (χ2v) is 18.3. The Morgan fingerprint density at radius 3 is 1.38 bits per heavy atom. The number of rotatable bonds is 22. The number of esters is 3. The first-order chi connectivity index (χ1) is 33.9. The number of aliphatic hydroxyl groups is 2. The molecule has 368 valence electrons. The van der Waals surface area contributed by atoms with Crippen molar-refractivity contribution in [2.45, 2.75) is 48.7 Å². The van der Waals surface area contributed by atoms with E-state index in [-0.39, 0.29) is 73.4 Å². The normalized spacial score (nSPS) is 11.7. The zero-order valence-electron chi connectivity index (χ0n) is 37.6. The molecule has 6 aromatic carbocycles. The number of unbranched alkanes of at least 4 members (excludes halogenated alkanes) is 3.